The molecule has 0 fully saturated rings. The minimum absolute atomic E-state index is 0.342. The number of aryl methyl sites for hydroxylation is 1. The Hall–Kier alpha value is -1.82. The number of nitrogens with zero attached hydrogens (tertiary/aromatic N) is 3. The molecule has 0 unspecified atom stereocenters. The maximum Gasteiger partial charge on any atom is 0.341 e. The number of carbonyl (C=O) groups excluding carboxylic acids is 1. The fraction of sp³-hybridized carbons (Fsp3) is 0.273. The van der Waals surface area contributed by atoms with Gasteiger partial charge in [-0.3, -0.25) is 4.98 Å². The minimum atomic E-state index is -0.388. The first-order valence-electron chi connectivity index (χ1n) is 5.12. The van der Waals surface area contributed by atoms with Crippen LogP contribution in [0.5, 0.6) is 0 Å². The molecule has 0 bridgehead atoms. The van der Waals surface area contributed by atoms with E-state index in [9.17, 15) is 4.79 Å². The van der Waals surface area contributed by atoms with Gasteiger partial charge in [0.1, 0.15) is 0 Å². The Morgan fingerprint density at radius 2 is 2.29 bits per heavy atom. The lowest BCUT2D eigenvalue weighted by molar-refractivity contribution is 0.0524. The smallest absolute Gasteiger partial charge is 0.341 e. The number of esters is 1. The number of ether oxygens (including phenoxy) is 1. The molecule has 6 heteroatoms. The first kappa shape index (κ1) is 11.7. The summed E-state index contributed by atoms with van der Waals surface area (Å²) in [6.45, 7) is 3.87. The van der Waals surface area contributed by atoms with Gasteiger partial charge in [-0.2, -0.15) is 0 Å². The first-order valence-corrected chi connectivity index (χ1v) is 6.00. The van der Waals surface area contributed by atoms with E-state index in [1.807, 2.05) is 0 Å². The van der Waals surface area contributed by atoms with Crippen LogP contribution in [-0.2, 0) is 4.74 Å². The van der Waals surface area contributed by atoms with E-state index in [2.05, 4.69) is 15.0 Å². The van der Waals surface area contributed by atoms with Gasteiger partial charge in [0.2, 0.25) is 0 Å². The quantitative estimate of drug-likeness (QED) is 0.779. The van der Waals surface area contributed by atoms with Crippen LogP contribution in [0.15, 0.2) is 17.9 Å². The number of hydrogen-bond donors (Lipinski definition) is 0. The Morgan fingerprint density at radius 3 is 2.88 bits per heavy atom. The highest BCUT2D eigenvalue weighted by Gasteiger charge is 2.13. The van der Waals surface area contributed by atoms with Crippen LogP contribution in [0.25, 0.3) is 10.7 Å². The summed E-state index contributed by atoms with van der Waals surface area (Å²) in [6, 6.07) is 0. The van der Waals surface area contributed by atoms with E-state index in [0.29, 0.717) is 23.7 Å². The van der Waals surface area contributed by atoms with E-state index < -0.39 is 0 Å². The van der Waals surface area contributed by atoms with Crippen molar-refractivity contribution in [3.05, 3.63) is 29.2 Å². The molecule has 0 atom stereocenters. The predicted molar refractivity (Wildman–Crippen MR) is 63.8 cm³/mol. The molecule has 0 aliphatic carbocycles. The molecule has 0 N–H and O–H groups in total. The van der Waals surface area contributed by atoms with Crippen molar-refractivity contribution in [2.75, 3.05) is 6.61 Å². The molecule has 2 rings (SSSR count). The van der Waals surface area contributed by atoms with Gasteiger partial charge in [-0.05, 0) is 13.8 Å². The summed E-state index contributed by atoms with van der Waals surface area (Å²) in [6.07, 6.45) is 3.19. The molecule has 0 amide bonds. The number of thiazole rings is 1. The predicted octanol–water partition coefficient (Wildman–Crippen LogP) is 2.09. The number of hydrogen-bond acceptors (Lipinski definition) is 6. The second kappa shape index (κ2) is 5.01. The molecule has 0 saturated carbocycles. The lowest BCUT2D eigenvalue weighted by Crippen LogP contribution is -2.09. The van der Waals surface area contributed by atoms with Crippen LogP contribution in [0.2, 0.25) is 0 Å². The summed E-state index contributed by atoms with van der Waals surface area (Å²) >= 11 is 1.46. The summed E-state index contributed by atoms with van der Waals surface area (Å²) in [5, 5.41) is 0. The number of rotatable bonds is 3. The third-order valence-electron chi connectivity index (χ3n) is 2.13. The lowest BCUT2D eigenvalue weighted by atomic mass is 10.2. The molecular weight excluding hydrogens is 238 g/mol. The van der Waals surface area contributed by atoms with Crippen molar-refractivity contribution in [3.8, 4) is 10.7 Å². The summed E-state index contributed by atoms with van der Waals surface area (Å²) in [5.41, 5.74) is 2.73. The van der Waals surface area contributed by atoms with Crippen LogP contribution in [-0.4, -0.2) is 27.5 Å². The van der Waals surface area contributed by atoms with Crippen LogP contribution >= 0.6 is 11.3 Å². The Morgan fingerprint density at radius 1 is 1.47 bits per heavy atom. The maximum atomic E-state index is 11.6. The fourth-order valence-corrected chi connectivity index (χ4v) is 1.88. The summed E-state index contributed by atoms with van der Waals surface area (Å²) < 4.78 is 4.91. The van der Waals surface area contributed by atoms with E-state index in [0.717, 1.165) is 4.88 Å². The standard InChI is InChI=1S/C11H11N3O2S/c1-3-16-11(15)8-4-13-10(14-7(8)2)9-5-12-6-17-9/h4-6H,3H2,1-2H3. The molecule has 17 heavy (non-hydrogen) atoms. The number of aromatic nitrogens is 3. The maximum absolute atomic E-state index is 11.6. The molecule has 2 aromatic heterocycles. The molecule has 0 spiro atoms. The average Bonchev–Trinajstić information content (AvgIpc) is 2.82. The molecule has 0 aromatic carbocycles. The van der Waals surface area contributed by atoms with Crippen LogP contribution in [0.3, 0.4) is 0 Å². The molecule has 2 heterocycles. The molecule has 0 radical (unpaired) electrons. The number of carbonyl (C=O) groups is 1. The van der Waals surface area contributed by atoms with Crippen LogP contribution < -0.4 is 0 Å². The van der Waals surface area contributed by atoms with Gasteiger partial charge in [-0.15, -0.1) is 11.3 Å². The van der Waals surface area contributed by atoms with E-state index in [1.165, 1.54) is 17.5 Å². The van der Waals surface area contributed by atoms with Crippen molar-refractivity contribution >= 4 is 17.3 Å². The second-order valence-corrected chi connectivity index (χ2v) is 4.17. The van der Waals surface area contributed by atoms with Crippen molar-refractivity contribution in [1.82, 2.24) is 15.0 Å². The van der Waals surface area contributed by atoms with Gasteiger partial charge >= 0.3 is 5.97 Å². The van der Waals surface area contributed by atoms with E-state index in [-0.39, 0.29) is 5.97 Å². The monoisotopic (exact) mass is 249 g/mol. The highest BCUT2D eigenvalue weighted by atomic mass is 32.1. The summed E-state index contributed by atoms with van der Waals surface area (Å²) in [5.74, 6) is 0.193. The first-order chi connectivity index (χ1) is 8.22. The van der Waals surface area contributed by atoms with Gasteiger partial charge in [0.05, 0.1) is 28.3 Å². The topological polar surface area (TPSA) is 65.0 Å². The third-order valence-corrected chi connectivity index (χ3v) is 2.90. The van der Waals surface area contributed by atoms with Crippen molar-refractivity contribution in [3.63, 3.8) is 0 Å². The Bertz CT molecular complexity index is 526. The van der Waals surface area contributed by atoms with Crippen LogP contribution in [0.4, 0.5) is 0 Å². The molecule has 0 saturated heterocycles. The largest absolute Gasteiger partial charge is 0.462 e. The van der Waals surface area contributed by atoms with Crippen molar-refractivity contribution in [2.24, 2.45) is 0 Å². The van der Waals surface area contributed by atoms with E-state index in [4.69, 9.17) is 4.74 Å². The Kier molecular flexibility index (Phi) is 3.43. The van der Waals surface area contributed by atoms with Gasteiger partial charge in [-0.25, -0.2) is 14.8 Å². The van der Waals surface area contributed by atoms with Crippen molar-refractivity contribution in [2.45, 2.75) is 13.8 Å². The molecule has 0 aliphatic rings. The second-order valence-electron chi connectivity index (χ2n) is 3.28. The summed E-state index contributed by atoms with van der Waals surface area (Å²) in [4.78, 5) is 24.8. The third kappa shape index (κ3) is 2.47. The van der Waals surface area contributed by atoms with Gasteiger partial charge in [-0.1, -0.05) is 0 Å². The van der Waals surface area contributed by atoms with E-state index in [1.54, 1.807) is 25.6 Å². The molecule has 88 valence electrons. The fourth-order valence-electron chi connectivity index (χ4n) is 1.32. The summed E-state index contributed by atoms with van der Waals surface area (Å²) in [7, 11) is 0. The van der Waals surface area contributed by atoms with Crippen LogP contribution in [0.1, 0.15) is 23.0 Å². The zero-order chi connectivity index (χ0) is 12.3. The zero-order valence-corrected chi connectivity index (χ0v) is 10.3. The SMILES string of the molecule is CCOC(=O)c1cnc(-c2cncs2)nc1C. The molecular formula is C11H11N3O2S. The average molecular weight is 249 g/mol. The van der Waals surface area contributed by atoms with Gasteiger partial charge in [0, 0.05) is 12.4 Å². The highest BCUT2D eigenvalue weighted by molar-refractivity contribution is 7.13. The Balaban J connectivity index is 2.32. The Labute approximate surface area is 103 Å². The van der Waals surface area contributed by atoms with Crippen molar-refractivity contribution in [1.29, 1.82) is 0 Å². The van der Waals surface area contributed by atoms with E-state index >= 15 is 0 Å². The minimum Gasteiger partial charge on any atom is -0.462 e. The van der Waals surface area contributed by atoms with Crippen LogP contribution in [0, 0.1) is 6.92 Å². The normalized spacial score (nSPS) is 10.2. The molecule has 2 aromatic rings. The van der Waals surface area contributed by atoms with Crippen molar-refractivity contribution < 1.29 is 9.53 Å². The molecule has 5 nitrogen and oxygen atoms in total. The lowest BCUT2D eigenvalue weighted by Gasteiger charge is -2.05. The highest BCUT2D eigenvalue weighted by Crippen LogP contribution is 2.20. The van der Waals surface area contributed by atoms with Gasteiger partial charge in [0.15, 0.2) is 5.82 Å². The molecule has 0 aliphatic heterocycles. The zero-order valence-electron chi connectivity index (χ0n) is 9.51. The van der Waals surface area contributed by atoms with Gasteiger partial charge < -0.3 is 4.74 Å². The van der Waals surface area contributed by atoms with Gasteiger partial charge in [0.25, 0.3) is 0 Å².